The van der Waals surface area contributed by atoms with E-state index in [4.69, 9.17) is 5.73 Å². The van der Waals surface area contributed by atoms with E-state index >= 15 is 0 Å². The first-order valence-electron chi connectivity index (χ1n) is 10.7. The number of unbranched alkanes of at least 4 members (excludes halogenated alkanes) is 2. The quantitative estimate of drug-likeness (QED) is 0.716. The second-order valence-electron chi connectivity index (χ2n) is 8.43. The number of nitrogens with two attached hydrogens (primary N) is 1. The Labute approximate surface area is 165 Å². The number of aryl methyl sites for hydroxylation is 1. The number of hydrogen-bond donors (Lipinski definition) is 2. The molecule has 28 heavy (non-hydrogen) atoms. The van der Waals surface area contributed by atoms with Gasteiger partial charge in [-0.1, -0.05) is 19.8 Å². The van der Waals surface area contributed by atoms with E-state index in [1.165, 1.54) is 0 Å². The van der Waals surface area contributed by atoms with Crippen LogP contribution in [0.25, 0.3) is 11.0 Å². The zero-order chi connectivity index (χ0) is 19.7. The number of likely N-dealkylation sites (tertiary alicyclic amines) is 1. The van der Waals surface area contributed by atoms with Crippen molar-refractivity contribution >= 4 is 22.8 Å². The number of fused-ring (bicyclic) bond motifs is 1. The van der Waals surface area contributed by atoms with Gasteiger partial charge in [0, 0.05) is 31.2 Å². The Balaban J connectivity index is 1.48. The van der Waals surface area contributed by atoms with Crippen LogP contribution in [-0.2, 0) is 17.8 Å². The Hall–Kier alpha value is -2.31. The van der Waals surface area contributed by atoms with Crippen molar-refractivity contribution in [3.63, 3.8) is 0 Å². The first kappa shape index (κ1) is 19.0. The van der Waals surface area contributed by atoms with Crippen molar-refractivity contribution < 1.29 is 4.79 Å². The molecule has 0 spiro atoms. The van der Waals surface area contributed by atoms with Gasteiger partial charge in [-0.05, 0) is 50.5 Å². The molecule has 1 saturated heterocycles. The maximum Gasteiger partial charge on any atom is 0.326 e. The predicted octanol–water partition coefficient (Wildman–Crippen LogP) is 2.69. The second-order valence-corrected chi connectivity index (χ2v) is 8.43. The van der Waals surface area contributed by atoms with Crippen LogP contribution in [0.5, 0.6) is 0 Å². The third-order valence-corrected chi connectivity index (χ3v) is 6.18. The van der Waals surface area contributed by atoms with Gasteiger partial charge in [0.05, 0.1) is 5.52 Å². The fraction of sp³-hybridized carbons (Fsp3) is 0.667. The van der Waals surface area contributed by atoms with Gasteiger partial charge in [-0.15, -0.1) is 0 Å². The number of nitrogens with zero attached hydrogens (tertiary/aromatic N) is 3. The SMILES string of the molecule is CCCCCc1cc2c([nH]c(=O)n2CC2CCN(C(=O)C3CC3)CC2)c(N)n1. The van der Waals surface area contributed by atoms with Crippen molar-refractivity contribution in [1.82, 2.24) is 19.4 Å². The van der Waals surface area contributed by atoms with Crippen molar-refractivity contribution in [2.45, 2.75) is 64.8 Å². The summed E-state index contributed by atoms with van der Waals surface area (Å²) >= 11 is 0. The van der Waals surface area contributed by atoms with Gasteiger partial charge in [0.2, 0.25) is 5.91 Å². The minimum Gasteiger partial charge on any atom is -0.382 e. The molecule has 152 valence electrons. The van der Waals surface area contributed by atoms with E-state index in [0.29, 0.717) is 29.7 Å². The molecule has 1 amide bonds. The lowest BCUT2D eigenvalue weighted by Gasteiger charge is -2.32. The van der Waals surface area contributed by atoms with Gasteiger partial charge in [-0.25, -0.2) is 9.78 Å². The molecule has 0 aromatic carbocycles. The highest BCUT2D eigenvalue weighted by Crippen LogP contribution is 2.32. The minimum atomic E-state index is -0.120. The number of amides is 1. The largest absolute Gasteiger partial charge is 0.382 e. The van der Waals surface area contributed by atoms with Crippen LogP contribution in [0.4, 0.5) is 5.82 Å². The number of imidazole rings is 1. The average Bonchev–Trinajstić information content (AvgIpc) is 3.49. The summed E-state index contributed by atoms with van der Waals surface area (Å²) < 4.78 is 1.82. The molecule has 1 aliphatic carbocycles. The summed E-state index contributed by atoms with van der Waals surface area (Å²) in [7, 11) is 0. The number of carbonyl (C=O) groups is 1. The Bertz CT molecular complexity index is 903. The maximum atomic E-state index is 12.6. The molecule has 2 aromatic rings. The highest BCUT2D eigenvalue weighted by molar-refractivity contribution is 5.85. The number of aromatic amines is 1. The number of H-pyrrole nitrogens is 1. The van der Waals surface area contributed by atoms with Gasteiger partial charge < -0.3 is 15.6 Å². The van der Waals surface area contributed by atoms with Crippen LogP contribution in [0.3, 0.4) is 0 Å². The Kier molecular flexibility index (Phi) is 5.42. The van der Waals surface area contributed by atoms with Crippen molar-refractivity contribution in [1.29, 1.82) is 0 Å². The first-order valence-corrected chi connectivity index (χ1v) is 10.7. The smallest absolute Gasteiger partial charge is 0.326 e. The Morgan fingerprint density at radius 3 is 2.68 bits per heavy atom. The lowest BCUT2D eigenvalue weighted by Crippen LogP contribution is -2.40. The number of nitrogen functional groups attached to an aromatic ring is 1. The van der Waals surface area contributed by atoms with Gasteiger partial charge in [0.1, 0.15) is 11.3 Å². The lowest BCUT2D eigenvalue weighted by molar-refractivity contribution is -0.134. The van der Waals surface area contributed by atoms with E-state index in [0.717, 1.165) is 75.7 Å². The summed E-state index contributed by atoms with van der Waals surface area (Å²) in [4.78, 5) is 34.2. The van der Waals surface area contributed by atoms with Gasteiger partial charge >= 0.3 is 5.69 Å². The molecule has 0 bridgehead atoms. The summed E-state index contributed by atoms with van der Waals surface area (Å²) in [6.45, 7) is 4.46. The van der Waals surface area contributed by atoms with E-state index < -0.39 is 0 Å². The summed E-state index contributed by atoms with van der Waals surface area (Å²) in [5, 5.41) is 0. The van der Waals surface area contributed by atoms with Crippen molar-refractivity contribution in [3.05, 3.63) is 22.2 Å². The Morgan fingerprint density at radius 2 is 2.00 bits per heavy atom. The van der Waals surface area contributed by atoms with Gasteiger partial charge in [0.25, 0.3) is 0 Å². The van der Waals surface area contributed by atoms with Crippen LogP contribution in [0.15, 0.2) is 10.9 Å². The summed E-state index contributed by atoms with van der Waals surface area (Å²) in [6, 6.07) is 2.02. The number of piperidine rings is 1. The number of rotatable bonds is 7. The molecule has 7 nitrogen and oxygen atoms in total. The van der Waals surface area contributed by atoms with Crippen LogP contribution in [0.1, 0.15) is 57.6 Å². The zero-order valence-corrected chi connectivity index (χ0v) is 16.7. The number of hydrogen-bond acceptors (Lipinski definition) is 4. The molecule has 3 heterocycles. The van der Waals surface area contributed by atoms with E-state index in [1.807, 2.05) is 15.5 Å². The monoisotopic (exact) mass is 385 g/mol. The molecule has 2 aromatic heterocycles. The first-order chi connectivity index (χ1) is 13.6. The van der Waals surface area contributed by atoms with Crippen LogP contribution < -0.4 is 11.4 Å². The third-order valence-electron chi connectivity index (χ3n) is 6.18. The van der Waals surface area contributed by atoms with Gasteiger partial charge in [-0.3, -0.25) is 9.36 Å². The molecule has 0 radical (unpaired) electrons. The number of anilines is 1. The third kappa shape index (κ3) is 3.93. The number of carbonyl (C=O) groups excluding carboxylic acids is 1. The van der Waals surface area contributed by atoms with E-state index in [2.05, 4.69) is 16.9 Å². The molecule has 1 aliphatic heterocycles. The zero-order valence-electron chi connectivity index (χ0n) is 16.7. The molecule has 0 unspecified atom stereocenters. The molecular weight excluding hydrogens is 354 g/mol. The highest BCUT2D eigenvalue weighted by atomic mass is 16.2. The lowest BCUT2D eigenvalue weighted by atomic mass is 9.96. The molecule has 7 heteroatoms. The number of aromatic nitrogens is 3. The minimum absolute atomic E-state index is 0.120. The number of pyridine rings is 1. The van der Waals surface area contributed by atoms with E-state index in [1.54, 1.807) is 0 Å². The maximum absolute atomic E-state index is 12.6. The fourth-order valence-corrected chi connectivity index (χ4v) is 4.28. The highest BCUT2D eigenvalue weighted by Gasteiger charge is 2.35. The second kappa shape index (κ2) is 7.97. The standard InChI is InChI=1S/C21H31N5O2/c1-2-3-4-5-16-12-17-18(19(22)23-16)24-21(28)26(17)13-14-8-10-25(11-9-14)20(27)15-6-7-15/h12,14-15H,2-11,13H2,1H3,(H2,22,23)(H,24,28). The summed E-state index contributed by atoms with van der Waals surface area (Å²) in [5.74, 6) is 1.43. The van der Waals surface area contributed by atoms with Crippen molar-refractivity contribution in [2.75, 3.05) is 18.8 Å². The van der Waals surface area contributed by atoms with Crippen LogP contribution in [0.2, 0.25) is 0 Å². The van der Waals surface area contributed by atoms with Gasteiger partial charge in [-0.2, -0.15) is 0 Å². The normalized spacial score (nSPS) is 18.1. The van der Waals surface area contributed by atoms with E-state index in [9.17, 15) is 9.59 Å². The van der Waals surface area contributed by atoms with Crippen LogP contribution >= 0.6 is 0 Å². The van der Waals surface area contributed by atoms with Gasteiger partial charge in [0.15, 0.2) is 0 Å². The predicted molar refractivity (Wildman–Crippen MR) is 110 cm³/mol. The molecular formula is C21H31N5O2. The molecule has 1 saturated carbocycles. The molecule has 4 rings (SSSR count). The van der Waals surface area contributed by atoms with Crippen molar-refractivity contribution in [2.24, 2.45) is 11.8 Å². The summed E-state index contributed by atoms with van der Waals surface area (Å²) in [5.41, 5.74) is 8.46. The van der Waals surface area contributed by atoms with Crippen molar-refractivity contribution in [3.8, 4) is 0 Å². The molecule has 2 fully saturated rings. The van der Waals surface area contributed by atoms with Crippen LogP contribution in [0, 0.1) is 11.8 Å². The van der Waals surface area contributed by atoms with Crippen LogP contribution in [-0.4, -0.2) is 38.4 Å². The molecule has 0 atom stereocenters. The summed E-state index contributed by atoms with van der Waals surface area (Å²) in [6.07, 6.45) is 8.29. The van der Waals surface area contributed by atoms with E-state index in [-0.39, 0.29) is 11.6 Å². The Morgan fingerprint density at radius 1 is 1.25 bits per heavy atom. The molecule has 3 N–H and O–H groups in total. The molecule has 2 aliphatic rings. The topological polar surface area (TPSA) is 97.0 Å². The fourth-order valence-electron chi connectivity index (χ4n) is 4.28. The average molecular weight is 386 g/mol. The number of nitrogens with one attached hydrogen (secondary N) is 1.